The third kappa shape index (κ3) is 4.79. The van der Waals surface area contributed by atoms with Gasteiger partial charge in [-0.3, -0.25) is 4.79 Å². The Hall–Kier alpha value is -1.55. The minimum atomic E-state index is -0.00898. The highest BCUT2D eigenvalue weighted by molar-refractivity contribution is 5.78. The van der Waals surface area contributed by atoms with Crippen LogP contribution in [0.1, 0.15) is 12.5 Å². The van der Waals surface area contributed by atoms with E-state index < -0.39 is 0 Å². The van der Waals surface area contributed by atoms with Crippen LogP contribution in [-0.4, -0.2) is 25.7 Å². The van der Waals surface area contributed by atoms with Crippen molar-refractivity contribution in [1.82, 2.24) is 5.32 Å². The first-order valence-corrected chi connectivity index (χ1v) is 5.41. The molecular weight excluding hydrogens is 204 g/mol. The van der Waals surface area contributed by atoms with E-state index in [9.17, 15) is 4.79 Å². The summed E-state index contributed by atoms with van der Waals surface area (Å²) in [5.74, 6) is -0.00898. The molecular formula is C12H18N2O2. The molecule has 4 nitrogen and oxygen atoms in total. The second-order valence-electron chi connectivity index (χ2n) is 3.47. The number of rotatable bonds is 6. The molecule has 0 heterocycles. The van der Waals surface area contributed by atoms with Crippen LogP contribution in [0.15, 0.2) is 24.3 Å². The third-order valence-corrected chi connectivity index (χ3v) is 2.09. The molecule has 0 fully saturated rings. The molecule has 1 aromatic carbocycles. The van der Waals surface area contributed by atoms with Gasteiger partial charge in [-0.15, -0.1) is 0 Å². The summed E-state index contributed by atoms with van der Waals surface area (Å²) in [5.41, 5.74) is 7.23. The smallest absolute Gasteiger partial charge is 0.224 e. The van der Waals surface area contributed by atoms with E-state index in [0.29, 0.717) is 31.9 Å². The second-order valence-corrected chi connectivity index (χ2v) is 3.47. The summed E-state index contributed by atoms with van der Waals surface area (Å²) in [7, 11) is 0. The number of amides is 1. The molecule has 1 aromatic rings. The zero-order valence-electron chi connectivity index (χ0n) is 9.53. The van der Waals surface area contributed by atoms with Gasteiger partial charge in [0.25, 0.3) is 0 Å². The summed E-state index contributed by atoms with van der Waals surface area (Å²) >= 11 is 0. The Labute approximate surface area is 95.8 Å². The third-order valence-electron chi connectivity index (χ3n) is 2.09. The van der Waals surface area contributed by atoms with E-state index in [1.54, 1.807) is 6.07 Å². The van der Waals surface area contributed by atoms with Crippen molar-refractivity contribution < 1.29 is 9.53 Å². The largest absolute Gasteiger partial charge is 0.399 e. The lowest BCUT2D eigenvalue weighted by Crippen LogP contribution is -2.28. The maximum Gasteiger partial charge on any atom is 0.224 e. The zero-order chi connectivity index (χ0) is 11.8. The number of nitrogen functional groups attached to an aromatic ring is 1. The van der Waals surface area contributed by atoms with Gasteiger partial charge in [0.2, 0.25) is 5.91 Å². The van der Waals surface area contributed by atoms with E-state index >= 15 is 0 Å². The molecule has 0 saturated carbocycles. The lowest BCUT2D eigenvalue weighted by atomic mass is 10.1. The topological polar surface area (TPSA) is 64.3 Å². The molecule has 0 aliphatic heterocycles. The number of ether oxygens (including phenoxy) is 1. The summed E-state index contributed by atoms with van der Waals surface area (Å²) in [6.45, 7) is 3.70. The highest BCUT2D eigenvalue weighted by Gasteiger charge is 2.02. The Bertz CT molecular complexity index is 340. The molecule has 0 saturated heterocycles. The van der Waals surface area contributed by atoms with Crippen molar-refractivity contribution >= 4 is 11.6 Å². The van der Waals surface area contributed by atoms with Gasteiger partial charge in [0.1, 0.15) is 0 Å². The van der Waals surface area contributed by atoms with Gasteiger partial charge in [-0.2, -0.15) is 0 Å². The van der Waals surface area contributed by atoms with Crippen LogP contribution in [0.25, 0.3) is 0 Å². The number of carbonyl (C=O) groups is 1. The first-order chi connectivity index (χ1) is 7.72. The van der Waals surface area contributed by atoms with E-state index in [0.717, 1.165) is 5.56 Å². The monoisotopic (exact) mass is 222 g/mol. The van der Waals surface area contributed by atoms with E-state index in [1.807, 2.05) is 25.1 Å². The molecule has 88 valence electrons. The SMILES string of the molecule is CCOCCNC(=O)Cc1cccc(N)c1. The maximum absolute atomic E-state index is 11.5. The molecule has 0 radical (unpaired) electrons. The van der Waals surface area contributed by atoms with E-state index in [1.165, 1.54) is 0 Å². The Morgan fingerprint density at radius 3 is 3.00 bits per heavy atom. The van der Waals surface area contributed by atoms with Crippen molar-refractivity contribution in [3.63, 3.8) is 0 Å². The Kier molecular flexibility index (Phi) is 5.36. The quantitative estimate of drug-likeness (QED) is 0.556. The summed E-state index contributed by atoms with van der Waals surface area (Å²) in [4.78, 5) is 11.5. The van der Waals surface area contributed by atoms with Gasteiger partial charge in [-0.05, 0) is 24.6 Å². The van der Waals surface area contributed by atoms with Crippen LogP contribution in [0.4, 0.5) is 5.69 Å². The fourth-order valence-corrected chi connectivity index (χ4v) is 1.36. The minimum Gasteiger partial charge on any atom is -0.399 e. The van der Waals surface area contributed by atoms with Crippen LogP contribution in [0.2, 0.25) is 0 Å². The number of nitrogens with one attached hydrogen (secondary N) is 1. The van der Waals surface area contributed by atoms with Crippen LogP contribution >= 0.6 is 0 Å². The van der Waals surface area contributed by atoms with Crippen LogP contribution < -0.4 is 11.1 Å². The highest BCUT2D eigenvalue weighted by atomic mass is 16.5. The molecule has 0 aromatic heterocycles. The summed E-state index contributed by atoms with van der Waals surface area (Å²) < 4.78 is 5.12. The zero-order valence-corrected chi connectivity index (χ0v) is 9.53. The fraction of sp³-hybridized carbons (Fsp3) is 0.417. The molecule has 3 N–H and O–H groups in total. The average Bonchev–Trinajstić information content (AvgIpc) is 2.24. The van der Waals surface area contributed by atoms with Crippen LogP contribution in [0.3, 0.4) is 0 Å². The molecule has 0 spiro atoms. The van der Waals surface area contributed by atoms with Crippen LogP contribution in [-0.2, 0) is 16.0 Å². The normalized spacial score (nSPS) is 10.1. The van der Waals surface area contributed by atoms with Gasteiger partial charge in [0, 0.05) is 18.8 Å². The molecule has 1 amide bonds. The molecule has 4 heteroatoms. The molecule has 0 aliphatic rings. The summed E-state index contributed by atoms with van der Waals surface area (Å²) in [5, 5.41) is 2.78. The summed E-state index contributed by atoms with van der Waals surface area (Å²) in [6, 6.07) is 7.34. The average molecular weight is 222 g/mol. The van der Waals surface area contributed by atoms with Crippen molar-refractivity contribution in [2.24, 2.45) is 0 Å². The number of hydrogen-bond donors (Lipinski definition) is 2. The van der Waals surface area contributed by atoms with E-state index in [-0.39, 0.29) is 5.91 Å². The molecule has 0 aliphatic carbocycles. The van der Waals surface area contributed by atoms with Gasteiger partial charge < -0.3 is 15.8 Å². The first kappa shape index (κ1) is 12.5. The Balaban J connectivity index is 2.29. The van der Waals surface area contributed by atoms with Gasteiger partial charge in [0.05, 0.1) is 13.0 Å². The van der Waals surface area contributed by atoms with Crippen LogP contribution in [0, 0.1) is 0 Å². The summed E-state index contributed by atoms with van der Waals surface area (Å²) in [6.07, 6.45) is 0.358. The molecule has 1 rings (SSSR count). The van der Waals surface area contributed by atoms with Gasteiger partial charge in [-0.1, -0.05) is 12.1 Å². The first-order valence-electron chi connectivity index (χ1n) is 5.41. The van der Waals surface area contributed by atoms with Crippen molar-refractivity contribution in [3.8, 4) is 0 Å². The number of anilines is 1. The van der Waals surface area contributed by atoms with Crippen molar-refractivity contribution in [1.29, 1.82) is 0 Å². The molecule has 0 atom stereocenters. The molecule has 0 bridgehead atoms. The van der Waals surface area contributed by atoms with E-state index in [2.05, 4.69) is 5.32 Å². The van der Waals surface area contributed by atoms with Crippen molar-refractivity contribution in [3.05, 3.63) is 29.8 Å². The highest BCUT2D eigenvalue weighted by Crippen LogP contribution is 2.06. The van der Waals surface area contributed by atoms with Crippen LogP contribution in [0.5, 0.6) is 0 Å². The Morgan fingerprint density at radius 1 is 1.50 bits per heavy atom. The standard InChI is InChI=1S/C12H18N2O2/c1-2-16-7-6-14-12(15)9-10-4-3-5-11(13)8-10/h3-5,8H,2,6-7,9,13H2,1H3,(H,14,15). The number of nitrogens with two attached hydrogens (primary N) is 1. The number of benzene rings is 1. The Morgan fingerprint density at radius 2 is 2.31 bits per heavy atom. The minimum absolute atomic E-state index is 0.00898. The molecule has 16 heavy (non-hydrogen) atoms. The van der Waals surface area contributed by atoms with Gasteiger partial charge >= 0.3 is 0 Å². The van der Waals surface area contributed by atoms with Gasteiger partial charge in [-0.25, -0.2) is 0 Å². The predicted octanol–water partition coefficient (Wildman–Crippen LogP) is 0.964. The number of hydrogen-bond acceptors (Lipinski definition) is 3. The lowest BCUT2D eigenvalue weighted by Gasteiger charge is -2.05. The fourth-order valence-electron chi connectivity index (χ4n) is 1.36. The van der Waals surface area contributed by atoms with Gasteiger partial charge in [0.15, 0.2) is 0 Å². The maximum atomic E-state index is 11.5. The molecule has 0 unspecified atom stereocenters. The van der Waals surface area contributed by atoms with Crippen molar-refractivity contribution in [2.45, 2.75) is 13.3 Å². The lowest BCUT2D eigenvalue weighted by molar-refractivity contribution is -0.120. The number of carbonyl (C=O) groups excluding carboxylic acids is 1. The van der Waals surface area contributed by atoms with E-state index in [4.69, 9.17) is 10.5 Å². The second kappa shape index (κ2) is 6.85. The van der Waals surface area contributed by atoms with Crippen molar-refractivity contribution in [2.75, 3.05) is 25.5 Å². The predicted molar refractivity (Wildman–Crippen MR) is 64.1 cm³/mol.